The number of rotatable bonds is 2. The number of aliphatic hydroxyl groups excluding tert-OH is 1. The monoisotopic (exact) mass is 690 g/mol. The minimum atomic E-state index is -5.15. The van der Waals surface area contributed by atoms with Crippen LogP contribution in [0.5, 0.6) is 0 Å². The van der Waals surface area contributed by atoms with Crippen LogP contribution in [-0.2, 0) is 36.9 Å². The van der Waals surface area contributed by atoms with Gasteiger partial charge < -0.3 is 45.1 Å². The lowest BCUT2D eigenvalue weighted by atomic mass is 10.1. The number of imidazole rings is 2. The van der Waals surface area contributed by atoms with Gasteiger partial charge in [0.1, 0.15) is 48.7 Å². The van der Waals surface area contributed by atoms with Crippen molar-refractivity contribution in [3.05, 3.63) is 29.3 Å². The summed E-state index contributed by atoms with van der Waals surface area (Å²) in [5.74, 6) is -0.254. The Morgan fingerprint density at radius 2 is 1.61 bits per heavy atom. The molecule has 8 N–H and O–H groups in total. The number of phosphoric ester groups is 1. The Morgan fingerprint density at radius 3 is 2.39 bits per heavy atom. The third-order valence-corrected chi connectivity index (χ3v) is 9.50. The molecule has 3 saturated heterocycles. The first-order valence-electron chi connectivity index (χ1n) is 13.3. The van der Waals surface area contributed by atoms with Gasteiger partial charge in [0.15, 0.2) is 41.3 Å². The van der Waals surface area contributed by atoms with Gasteiger partial charge in [0.2, 0.25) is 5.95 Å². The molecule has 0 amide bonds. The van der Waals surface area contributed by atoms with E-state index in [4.69, 9.17) is 39.2 Å². The number of aromatic nitrogens is 8. The summed E-state index contributed by atoms with van der Waals surface area (Å²) in [5, 5.41) is 11.1. The summed E-state index contributed by atoms with van der Waals surface area (Å²) in [7, 11) is -9.81. The topological polar surface area (TPSA) is 309 Å². The highest BCUT2D eigenvalue weighted by Gasteiger charge is 2.53. The zero-order valence-corrected chi connectivity index (χ0v) is 24.8. The highest BCUT2D eigenvalue weighted by molar-refractivity contribution is 7.52. The van der Waals surface area contributed by atoms with Crippen molar-refractivity contribution in [2.75, 3.05) is 31.0 Å². The van der Waals surface area contributed by atoms with Crippen LogP contribution in [0.15, 0.2) is 23.8 Å². The Hall–Kier alpha value is -3.47. The summed E-state index contributed by atoms with van der Waals surface area (Å²) in [6, 6.07) is 0. The first-order valence-corrected chi connectivity index (χ1v) is 16.6. The van der Waals surface area contributed by atoms with Gasteiger partial charge in [-0.05, 0) is 0 Å². The second kappa shape index (κ2) is 11.3. The van der Waals surface area contributed by atoms with Crippen molar-refractivity contribution in [1.82, 2.24) is 39.0 Å². The average molecular weight is 690 g/mol. The van der Waals surface area contributed by atoms with E-state index in [-0.39, 0.29) is 34.1 Å². The maximum absolute atomic E-state index is 16.0. The first kappa shape index (κ1) is 31.1. The summed E-state index contributed by atoms with van der Waals surface area (Å²) in [6.07, 6.45) is -10.6. The molecule has 2 unspecified atom stereocenters. The SMILES string of the molecule is Nc1nc2c(ncn2[C@@H]2O[C@@H]3COP(=O)(O)CO[C@@H]4[C@H](O)[C@H](n5cnc6c(N)ncnc65)O[C@@H]4COP(=O)(O)O[C@@H]3[C@@H]2F)c(=O)[nH]1. The Morgan fingerprint density at radius 1 is 0.935 bits per heavy atom. The predicted octanol–water partition coefficient (Wildman–Crippen LogP) is -1.32. The molecule has 0 radical (unpaired) electrons. The molecular weight excluding hydrogens is 665 g/mol. The summed E-state index contributed by atoms with van der Waals surface area (Å²) in [5.41, 5.74) is 10.7. The fourth-order valence-electron chi connectivity index (χ4n) is 5.41. The number of nitrogens with one attached hydrogen (secondary N) is 1. The van der Waals surface area contributed by atoms with Gasteiger partial charge in [-0.3, -0.25) is 32.5 Å². The van der Waals surface area contributed by atoms with Gasteiger partial charge in [-0.1, -0.05) is 0 Å². The Labute approximate surface area is 254 Å². The molecule has 4 aromatic rings. The van der Waals surface area contributed by atoms with Crippen molar-refractivity contribution in [3.63, 3.8) is 0 Å². The molecule has 0 aliphatic carbocycles. The average Bonchev–Trinajstić information content (AvgIpc) is 3.75. The molecule has 3 fully saturated rings. The molecule has 25 heteroatoms. The predicted molar refractivity (Wildman–Crippen MR) is 147 cm³/mol. The van der Waals surface area contributed by atoms with E-state index in [0.29, 0.717) is 0 Å². The number of aromatic amines is 1. The number of hydrogen-bond acceptors (Lipinski definition) is 17. The molecule has 10 atom stereocenters. The number of nitrogens with zero attached hydrogens (tertiary/aromatic N) is 7. The molecule has 4 aromatic heterocycles. The molecule has 0 spiro atoms. The van der Waals surface area contributed by atoms with Gasteiger partial charge >= 0.3 is 15.4 Å². The number of ether oxygens (including phenoxy) is 3. The maximum atomic E-state index is 16.0. The fourth-order valence-corrected chi connectivity index (χ4v) is 7.18. The van der Waals surface area contributed by atoms with Crippen LogP contribution in [0.4, 0.5) is 16.2 Å². The third-order valence-electron chi connectivity index (χ3n) is 7.49. The lowest BCUT2D eigenvalue weighted by molar-refractivity contribution is -0.0586. The Bertz CT molecular complexity index is 1960. The van der Waals surface area contributed by atoms with Crippen molar-refractivity contribution >= 4 is 49.5 Å². The fraction of sp³-hybridized carbons (Fsp3) is 0.524. The number of alkyl halides is 1. The normalized spacial score (nSPS) is 37.4. The van der Waals surface area contributed by atoms with Crippen LogP contribution in [0.2, 0.25) is 0 Å². The van der Waals surface area contributed by atoms with Crippen LogP contribution >= 0.6 is 15.4 Å². The molecule has 0 bridgehead atoms. The Balaban J connectivity index is 1.16. The van der Waals surface area contributed by atoms with Crippen LogP contribution in [0.3, 0.4) is 0 Å². The van der Waals surface area contributed by atoms with E-state index in [1.165, 1.54) is 10.9 Å². The number of anilines is 2. The number of halogens is 1. The first-order chi connectivity index (χ1) is 21.8. The number of nitrogens with two attached hydrogens (primary N) is 2. The molecule has 46 heavy (non-hydrogen) atoms. The highest BCUT2D eigenvalue weighted by atomic mass is 31.2. The van der Waals surface area contributed by atoms with Crippen molar-refractivity contribution in [2.24, 2.45) is 0 Å². The molecule has 7 heterocycles. The summed E-state index contributed by atoms with van der Waals surface area (Å²) < 4.78 is 76.9. The van der Waals surface area contributed by atoms with E-state index in [1.807, 2.05) is 0 Å². The molecule has 0 aromatic carbocycles. The quantitative estimate of drug-likeness (QED) is 0.133. The smallest absolute Gasteiger partial charge is 0.386 e. The van der Waals surface area contributed by atoms with Crippen molar-refractivity contribution in [3.8, 4) is 0 Å². The minimum absolute atomic E-state index is 0.0491. The van der Waals surface area contributed by atoms with Gasteiger partial charge in [0.25, 0.3) is 5.56 Å². The number of phosphoric acid groups is 1. The van der Waals surface area contributed by atoms with Crippen LogP contribution < -0.4 is 17.0 Å². The molecule has 22 nitrogen and oxygen atoms in total. The molecule has 7 rings (SSSR count). The van der Waals surface area contributed by atoms with Gasteiger partial charge in [-0.2, -0.15) is 4.98 Å². The van der Waals surface area contributed by atoms with Crippen molar-refractivity contribution in [2.45, 2.75) is 49.1 Å². The van der Waals surface area contributed by atoms with E-state index in [9.17, 15) is 28.8 Å². The van der Waals surface area contributed by atoms with E-state index < -0.39 is 89.7 Å². The standard InChI is InChI=1S/C21H25FN10O12P2/c22-9-13-7(42-19(9)32-5-28-11-17(32)29-21(24)30-18(11)34)1-40-45(35,36)6-39-14-8(2-41-46(37,38)44-13)43-20(12(14)33)31-4-27-10-15(23)25-3-26-16(10)31/h3-5,7-9,12-14,19-20,33H,1-2,6H2,(H,35,36)(H,37,38)(H2,23,25,26)(H3,24,29,30,34)/t7-,8-,9+,12+,13+,14+,19-,20-/m1/s1. The number of H-pyrrole nitrogens is 1. The summed E-state index contributed by atoms with van der Waals surface area (Å²) >= 11 is 0. The van der Waals surface area contributed by atoms with Crippen LogP contribution in [0, 0.1) is 0 Å². The number of fused-ring (bicyclic) bond motifs is 4. The number of aliphatic hydroxyl groups is 1. The van der Waals surface area contributed by atoms with E-state index in [2.05, 4.69) is 29.9 Å². The highest BCUT2D eigenvalue weighted by Crippen LogP contribution is 2.52. The molecule has 3 aliphatic rings. The summed E-state index contributed by atoms with van der Waals surface area (Å²) in [4.78, 5) is 55.5. The van der Waals surface area contributed by atoms with E-state index in [0.717, 1.165) is 17.2 Å². The van der Waals surface area contributed by atoms with Gasteiger partial charge in [0.05, 0.1) is 25.9 Å². The van der Waals surface area contributed by atoms with Crippen LogP contribution in [0.25, 0.3) is 22.3 Å². The zero-order chi connectivity index (χ0) is 32.5. The van der Waals surface area contributed by atoms with Crippen molar-refractivity contribution in [1.29, 1.82) is 0 Å². The van der Waals surface area contributed by atoms with Crippen LogP contribution in [-0.4, -0.2) is 110 Å². The lowest BCUT2D eigenvalue weighted by Gasteiger charge is -2.23. The molecular formula is C21H25FN10O12P2. The summed E-state index contributed by atoms with van der Waals surface area (Å²) in [6.45, 7) is -1.61. The maximum Gasteiger partial charge on any atom is 0.472 e. The lowest BCUT2D eigenvalue weighted by Crippen LogP contribution is -2.37. The van der Waals surface area contributed by atoms with Crippen molar-refractivity contribution < 1.29 is 56.2 Å². The number of hydrogen-bond donors (Lipinski definition) is 6. The van der Waals surface area contributed by atoms with Crippen LogP contribution in [0.1, 0.15) is 12.5 Å². The van der Waals surface area contributed by atoms with Gasteiger partial charge in [-0.25, -0.2) is 28.9 Å². The van der Waals surface area contributed by atoms with Gasteiger partial charge in [0, 0.05) is 0 Å². The molecule has 3 aliphatic heterocycles. The number of nitrogen functional groups attached to an aromatic ring is 2. The molecule has 0 saturated carbocycles. The van der Waals surface area contributed by atoms with E-state index in [1.54, 1.807) is 0 Å². The molecule has 248 valence electrons. The zero-order valence-electron chi connectivity index (χ0n) is 23.0. The second-order valence-corrected chi connectivity index (χ2v) is 13.6. The minimum Gasteiger partial charge on any atom is -0.386 e. The van der Waals surface area contributed by atoms with E-state index >= 15 is 4.39 Å². The largest absolute Gasteiger partial charge is 0.472 e. The second-order valence-electron chi connectivity index (χ2n) is 10.5. The Kier molecular flexibility index (Phi) is 7.68. The van der Waals surface area contributed by atoms with Gasteiger partial charge in [-0.15, -0.1) is 0 Å². The third kappa shape index (κ3) is 5.48.